The maximum Gasteiger partial charge on any atom is 0.218 e. The summed E-state index contributed by atoms with van der Waals surface area (Å²) in [6, 6.07) is 0. The lowest BCUT2D eigenvalue weighted by atomic mass is 10.3. The summed E-state index contributed by atoms with van der Waals surface area (Å²) in [7, 11) is 1.72. The highest BCUT2D eigenvalue weighted by Gasteiger charge is 2.21. The lowest BCUT2D eigenvalue weighted by molar-refractivity contribution is -0.118. The van der Waals surface area contributed by atoms with Crippen molar-refractivity contribution >= 4 is 5.91 Å². The predicted octanol–water partition coefficient (Wildman–Crippen LogP) is -0.417. The first-order chi connectivity index (χ1) is 5.72. The van der Waals surface area contributed by atoms with Crippen molar-refractivity contribution in [2.24, 2.45) is 5.73 Å². The van der Waals surface area contributed by atoms with Crippen molar-refractivity contribution in [3.8, 4) is 0 Å². The zero-order chi connectivity index (χ0) is 8.97. The van der Waals surface area contributed by atoms with Gasteiger partial charge in [0.1, 0.15) is 0 Å². The van der Waals surface area contributed by atoms with Gasteiger partial charge < -0.3 is 15.4 Å². The zero-order valence-corrected chi connectivity index (χ0v) is 7.45. The van der Waals surface area contributed by atoms with Gasteiger partial charge in [-0.1, -0.05) is 0 Å². The van der Waals surface area contributed by atoms with E-state index in [1.807, 2.05) is 0 Å². The van der Waals surface area contributed by atoms with Crippen LogP contribution in [0.2, 0.25) is 0 Å². The quantitative estimate of drug-likeness (QED) is 0.626. The molecule has 1 atom stereocenters. The molecule has 70 valence electrons. The normalized spacial score (nSPS) is 24.6. The first-order valence-corrected chi connectivity index (χ1v) is 4.26. The maximum atomic E-state index is 10.5. The van der Waals surface area contributed by atoms with Crippen LogP contribution in [0.4, 0.5) is 0 Å². The Morgan fingerprint density at radius 1 is 1.75 bits per heavy atom. The van der Waals surface area contributed by atoms with Crippen LogP contribution in [-0.2, 0) is 9.53 Å². The summed E-state index contributed by atoms with van der Waals surface area (Å²) in [5, 5.41) is 0. The minimum absolute atomic E-state index is 0.226. The number of primary amides is 1. The molecule has 1 aliphatic rings. The number of methoxy groups -OCH3 is 1. The van der Waals surface area contributed by atoms with Gasteiger partial charge in [-0.25, -0.2) is 0 Å². The molecule has 1 saturated heterocycles. The van der Waals surface area contributed by atoms with Crippen molar-refractivity contribution in [2.75, 3.05) is 26.7 Å². The molecule has 0 spiro atoms. The monoisotopic (exact) mass is 172 g/mol. The Hall–Kier alpha value is -0.610. The largest absolute Gasteiger partial charge is 0.380 e. The second kappa shape index (κ2) is 4.42. The third-order valence-corrected chi connectivity index (χ3v) is 2.24. The van der Waals surface area contributed by atoms with E-state index in [0.717, 1.165) is 26.1 Å². The third kappa shape index (κ3) is 2.79. The van der Waals surface area contributed by atoms with Gasteiger partial charge in [-0.2, -0.15) is 0 Å². The highest BCUT2D eigenvalue weighted by atomic mass is 16.5. The summed E-state index contributed by atoms with van der Waals surface area (Å²) in [5.41, 5.74) is 5.04. The van der Waals surface area contributed by atoms with E-state index in [0.29, 0.717) is 12.5 Å². The summed E-state index contributed by atoms with van der Waals surface area (Å²) in [5.74, 6) is -0.226. The molecular weight excluding hydrogens is 156 g/mol. The van der Waals surface area contributed by atoms with E-state index >= 15 is 0 Å². The van der Waals surface area contributed by atoms with E-state index < -0.39 is 0 Å². The zero-order valence-electron chi connectivity index (χ0n) is 7.45. The molecule has 1 amide bonds. The number of nitrogens with two attached hydrogens (primary N) is 1. The van der Waals surface area contributed by atoms with Crippen LogP contribution in [0, 0.1) is 0 Å². The molecule has 1 heterocycles. The Bertz CT molecular complexity index is 161. The molecule has 0 aromatic rings. The molecule has 2 N–H and O–H groups in total. The van der Waals surface area contributed by atoms with Crippen molar-refractivity contribution in [1.29, 1.82) is 0 Å². The van der Waals surface area contributed by atoms with E-state index in [-0.39, 0.29) is 5.91 Å². The van der Waals surface area contributed by atoms with Gasteiger partial charge in [0.25, 0.3) is 0 Å². The Kier molecular flexibility index (Phi) is 3.49. The van der Waals surface area contributed by atoms with Gasteiger partial charge in [0.2, 0.25) is 5.91 Å². The Labute approximate surface area is 72.7 Å². The fourth-order valence-electron chi connectivity index (χ4n) is 1.46. The molecule has 0 bridgehead atoms. The Morgan fingerprint density at radius 2 is 2.50 bits per heavy atom. The third-order valence-electron chi connectivity index (χ3n) is 2.24. The van der Waals surface area contributed by atoms with Crippen molar-refractivity contribution in [3.05, 3.63) is 0 Å². The van der Waals surface area contributed by atoms with Crippen LogP contribution in [0.15, 0.2) is 0 Å². The van der Waals surface area contributed by atoms with Crippen molar-refractivity contribution < 1.29 is 9.53 Å². The lowest BCUT2D eigenvalue weighted by Crippen LogP contribution is -2.27. The summed E-state index contributed by atoms with van der Waals surface area (Å²) in [6.45, 7) is 2.73. The van der Waals surface area contributed by atoms with Crippen LogP contribution in [0.5, 0.6) is 0 Å². The molecular formula is C8H16N2O2. The topological polar surface area (TPSA) is 55.6 Å². The minimum atomic E-state index is -0.226. The lowest BCUT2D eigenvalue weighted by Gasteiger charge is -2.13. The number of ether oxygens (including phenoxy) is 1. The molecule has 1 rings (SSSR count). The Morgan fingerprint density at radius 3 is 3.00 bits per heavy atom. The van der Waals surface area contributed by atoms with Gasteiger partial charge in [0.15, 0.2) is 0 Å². The van der Waals surface area contributed by atoms with Crippen LogP contribution in [-0.4, -0.2) is 43.7 Å². The molecule has 12 heavy (non-hydrogen) atoms. The van der Waals surface area contributed by atoms with Gasteiger partial charge >= 0.3 is 0 Å². The smallest absolute Gasteiger partial charge is 0.218 e. The summed E-state index contributed by atoms with van der Waals surface area (Å²) < 4.78 is 5.19. The number of rotatable bonds is 4. The van der Waals surface area contributed by atoms with Gasteiger partial charge in [-0.05, 0) is 6.42 Å². The van der Waals surface area contributed by atoms with Crippen LogP contribution >= 0.6 is 0 Å². The number of nitrogens with zero attached hydrogens (tertiary/aromatic N) is 1. The molecule has 0 radical (unpaired) electrons. The van der Waals surface area contributed by atoms with Crippen LogP contribution in [0.25, 0.3) is 0 Å². The second-order valence-corrected chi connectivity index (χ2v) is 3.16. The van der Waals surface area contributed by atoms with E-state index in [4.69, 9.17) is 10.5 Å². The van der Waals surface area contributed by atoms with Gasteiger partial charge in [0.05, 0.1) is 6.10 Å². The first-order valence-electron chi connectivity index (χ1n) is 4.26. The Balaban J connectivity index is 2.15. The molecule has 0 aromatic heterocycles. The predicted molar refractivity (Wildman–Crippen MR) is 45.7 cm³/mol. The van der Waals surface area contributed by atoms with Gasteiger partial charge in [-0.15, -0.1) is 0 Å². The number of amides is 1. The average molecular weight is 172 g/mol. The van der Waals surface area contributed by atoms with E-state index in [2.05, 4.69) is 4.90 Å². The van der Waals surface area contributed by atoms with Gasteiger partial charge in [-0.3, -0.25) is 4.79 Å². The van der Waals surface area contributed by atoms with Crippen LogP contribution in [0.1, 0.15) is 12.8 Å². The highest BCUT2D eigenvalue weighted by Crippen LogP contribution is 2.11. The fourth-order valence-corrected chi connectivity index (χ4v) is 1.46. The SMILES string of the molecule is COC1CCN(CCC(N)=O)C1. The standard InChI is InChI=1S/C8H16N2O2/c1-12-7-2-4-10(6-7)5-3-8(9)11/h7H,2-6H2,1H3,(H2,9,11). The van der Waals surface area contributed by atoms with E-state index in [9.17, 15) is 4.79 Å². The number of likely N-dealkylation sites (tertiary alicyclic amines) is 1. The highest BCUT2D eigenvalue weighted by molar-refractivity contribution is 5.73. The molecule has 4 heteroatoms. The second-order valence-electron chi connectivity index (χ2n) is 3.16. The molecule has 1 unspecified atom stereocenters. The number of hydrogen-bond acceptors (Lipinski definition) is 3. The van der Waals surface area contributed by atoms with Gasteiger partial charge in [0, 0.05) is 33.2 Å². The average Bonchev–Trinajstić information content (AvgIpc) is 2.48. The summed E-state index contributed by atoms with van der Waals surface area (Å²) in [6.07, 6.45) is 1.86. The van der Waals surface area contributed by atoms with Crippen molar-refractivity contribution in [2.45, 2.75) is 18.9 Å². The molecule has 1 fully saturated rings. The van der Waals surface area contributed by atoms with Crippen LogP contribution < -0.4 is 5.73 Å². The molecule has 0 aromatic carbocycles. The van der Waals surface area contributed by atoms with E-state index in [1.54, 1.807) is 7.11 Å². The fraction of sp³-hybridized carbons (Fsp3) is 0.875. The maximum absolute atomic E-state index is 10.5. The van der Waals surface area contributed by atoms with E-state index in [1.165, 1.54) is 0 Å². The summed E-state index contributed by atoms with van der Waals surface area (Å²) >= 11 is 0. The molecule has 1 aliphatic heterocycles. The molecule has 0 aliphatic carbocycles. The number of carbonyl (C=O) groups is 1. The molecule has 4 nitrogen and oxygen atoms in total. The number of carbonyl (C=O) groups excluding carboxylic acids is 1. The summed E-state index contributed by atoms with van der Waals surface area (Å²) in [4.78, 5) is 12.7. The first kappa shape index (κ1) is 9.48. The van der Waals surface area contributed by atoms with Crippen LogP contribution in [0.3, 0.4) is 0 Å². The van der Waals surface area contributed by atoms with Crippen molar-refractivity contribution in [3.63, 3.8) is 0 Å². The number of hydrogen-bond donors (Lipinski definition) is 1. The molecule has 0 saturated carbocycles. The minimum Gasteiger partial charge on any atom is -0.380 e. The van der Waals surface area contributed by atoms with Crippen molar-refractivity contribution in [1.82, 2.24) is 4.90 Å².